The Balaban J connectivity index is 1.49. The van der Waals surface area contributed by atoms with Gasteiger partial charge in [0.15, 0.2) is 0 Å². The number of rotatable bonds is 6. The zero-order valence-corrected chi connectivity index (χ0v) is 20.8. The van der Waals surface area contributed by atoms with Crippen LogP contribution < -0.4 is 20.7 Å². The molecule has 0 unspecified atom stereocenters. The highest BCUT2D eigenvalue weighted by atomic mass is 35.5. The van der Waals surface area contributed by atoms with Crippen molar-refractivity contribution in [3.8, 4) is 23.3 Å². The maximum atomic E-state index is 11.7. The molecule has 2 aromatic heterocycles. The van der Waals surface area contributed by atoms with Crippen LogP contribution in [0.5, 0.6) is 11.5 Å². The van der Waals surface area contributed by atoms with E-state index in [1.807, 2.05) is 57.2 Å². The largest absolute Gasteiger partial charge is 0.454 e. The number of nitrogens with zero attached hydrogens (tertiary/aromatic N) is 3. The van der Waals surface area contributed by atoms with Crippen molar-refractivity contribution in [2.24, 2.45) is 0 Å². The average Bonchev–Trinajstić information content (AvgIpc) is 2.85. The van der Waals surface area contributed by atoms with Gasteiger partial charge in [0.25, 0.3) is 0 Å². The van der Waals surface area contributed by atoms with E-state index in [9.17, 15) is 4.79 Å². The van der Waals surface area contributed by atoms with Crippen LogP contribution in [0.3, 0.4) is 0 Å². The molecule has 0 saturated carbocycles. The second-order valence-corrected chi connectivity index (χ2v) is 8.65. The molecule has 4 rings (SSSR count). The van der Waals surface area contributed by atoms with Gasteiger partial charge in [-0.1, -0.05) is 23.4 Å². The number of benzene rings is 2. The summed E-state index contributed by atoms with van der Waals surface area (Å²) in [5, 5.41) is 10.0. The normalized spacial score (nSPS) is 10.5. The highest BCUT2D eigenvalue weighted by molar-refractivity contribution is 6.32. The van der Waals surface area contributed by atoms with Crippen molar-refractivity contribution in [1.29, 1.82) is 0 Å². The first-order valence-electron chi connectivity index (χ1n) is 11.3. The van der Waals surface area contributed by atoms with Gasteiger partial charge in [-0.25, -0.2) is 14.8 Å². The van der Waals surface area contributed by atoms with Gasteiger partial charge in [-0.15, -0.1) is 0 Å². The summed E-state index contributed by atoms with van der Waals surface area (Å²) in [6, 6.07) is 14.6. The molecule has 2 amide bonds. The van der Waals surface area contributed by atoms with Gasteiger partial charge in [-0.05, 0) is 69.3 Å². The van der Waals surface area contributed by atoms with E-state index in [1.165, 1.54) is 6.33 Å². The summed E-state index contributed by atoms with van der Waals surface area (Å²) < 4.78 is 5.84. The third-order valence-corrected chi connectivity index (χ3v) is 5.23. The topological polar surface area (TPSA) is 101 Å². The first-order valence-corrected chi connectivity index (χ1v) is 11.7. The molecule has 0 fully saturated rings. The Bertz CT molecular complexity index is 1440. The van der Waals surface area contributed by atoms with Gasteiger partial charge >= 0.3 is 6.03 Å². The number of hydrogen-bond donors (Lipinski definition) is 3. The number of hydrogen-bond acceptors (Lipinski definition) is 6. The molecule has 2 aromatic carbocycles. The molecule has 36 heavy (non-hydrogen) atoms. The molecular formula is C27H25ClN6O2. The summed E-state index contributed by atoms with van der Waals surface area (Å²) in [5.74, 6) is 7.76. The predicted octanol–water partition coefficient (Wildman–Crippen LogP) is 5.58. The van der Waals surface area contributed by atoms with Crippen LogP contribution >= 0.6 is 11.6 Å². The van der Waals surface area contributed by atoms with E-state index in [0.717, 1.165) is 27.8 Å². The molecule has 0 saturated heterocycles. The SMILES string of the molecule is Cc1ccc(Oc2ccc(Nc3ncnc4ccc(C#CCNC(=O)NC(C)C)cc34)cc2Cl)cn1. The quantitative estimate of drug-likeness (QED) is 0.299. The third kappa shape index (κ3) is 6.62. The van der Waals surface area contributed by atoms with Crippen molar-refractivity contribution in [1.82, 2.24) is 25.6 Å². The minimum Gasteiger partial charge on any atom is -0.454 e. The zero-order chi connectivity index (χ0) is 25.5. The van der Waals surface area contributed by atoms with Gasteiger partial charge in [0.05, 0.1) is 23.3 Å². The second-order valence-electron chi connectivity index (χ2n) is 8.25. The summed E-state index contributed by atoms with van der Waals surface area (Å²) in [4.78, 5) is 24.6. The van der Waals surface area contributed by atoms with Gasteiger partial charge in [-0.2, -0.15) is 0 Å². The summed E-state index contributed by atoms with van der Waals surface area (Å²) in [7, 11) is 0. The Labute approximate surface area is 214 Å². The summed E-state index contributed by atoms with van der Waals surface area (Å²) in [6.07, 6.45) is 3.15. The second kappa shape index (κ2) is 11.4. The van der Waals surface area contributed by atoms with Gasteiger partial charge in [0.2, 0.25) is 0 Å². The number of carbonyl (C=O) groups excluding carboxylic acids is 1. The first-order chi connectivity index (χ1) is 17.4. The molecule has 2 heterocycles. The highest BCUT2D eigenvalue weighted by Crippen LogP contribution is 2.33. The lowest BCUT2D eigenvalue weighted by molar-refractivity contribution is 0.240. The van der Waals surface area contributed by atoms with Gasteiger partial charge in [0.1, 0.15) is 23.6 Å². The maximum Gasteiger partial charge on any atom is 0.315 e. The van der Waals surface area contributed by atoms with Crippen LogP contribution in [0.1, 0.15) is 25.1 Å². The standard InChI is InChI=1S/C27H25ClN6O2/c1-17(2)33-27(35)29-12-4-5-19-7-10-24-22(13-19)26(32-16-31-24)34-20-8-11-25(23(28)14-20)36-21-9-6-18(3)30-15-21/h6-11,13-17H,12H2,1-3H3,(H2,29,33,35)(H,31,32,34). The minimum atomic E-state index is -0.247. The molecule has 9 heteroatoms. The summed E-state index contributed by atoms with van der Waals surface area (Å²) in [5.41, 5.74) is 3.20. The number of carbonyl (C=O) groups is 1. The number of urea groups is 1. The van der Waals surface area contributed by atoms with Crippen molar-refractivity contribution in [3.05, 3.63) is 77.3 Å². The van der Waals surface area contributed by atoms with E-state index in [0.29, 0.717) is 22.3 Å². The van der Waals surface area contributed by atoms with E-state index < -0.39 is 0 Å². The zero-order valence-electron chi connectivity index (χ0n) is 20.1. The Kier molecular flexibility index (Phi) is 7.83. The Morgan fingerprint density at radius 1 is 1.08 bits per heavy atom. The molecule has 0 aliphatic carbocycles. The molecule has 8 nitrogen and oxygen atoms in total. The fourth-order valence-corrected chi connectivity index (χ4v) is 3.48. The molecule has 0 atom stereocenters. The molecule has 0 radical (unpaired) electrons. The number of nitrogens with one attached hydrogen (secondary N) is 3. The number of aryl methyl sites for hydroxylation is 1. The number of amides is 2. The Hall–Kier alpha value is -4.35. The van der Waals surface area contributed by atoms with Crippen molar-refractivity contribution in [3.63, 3.8) is 0 Å². The lowest BCUT2D eigenvalue weighted by Crippen LogP contribution is -2.39. The van der Waals surface area contributed by atoms with Crippen molar-refractivity contribution < 1.29 is 9.53 Å². The Morgan fingerprint density at radius 3 is 2.69 bits per heavy atom. The van der Waals surface area contributed by atoms with Crippen LogP contribution in [-0.4, -0.2) is 33.6 Å². The molecule has 0 aliphatic heterocycles. The molecule has 3 N–H and O–H groups in total. The van der Waals surface area contributed by atoms with Crippen LogP contribution in [0, 0.1) is 18.8 Å². The number of fused-ring (bicyclic) bond motifs is 1. The van der Waals surface area contributed by atoms with Gasteiger partial charge in [-0.3, -0.25) is 4.98 Å². The van der Waals surface area contributed by atoms with Crippen LogP contribution in [0.4, 0.5) is 16.3 Å². The molecule has 0 aliphatic rings. The fourth-order valence-electron chi connectivity index (χ4n) is 3.26. The number of halogens is 1. The van der Waals surface area contributed by atoms with E-state index in [2.05, 4.69) is 42.7 Å². The fraction of sp³-hybridized carbons (Fsp3) is 0.185. The number of pyridine rings is 1. The minimum absolute atomic E-state index is 0.0634. The van der Waals surface area contributed by atoms with Crippen molar-refractivity contribution in [2.45, 2.75) is 26.8 Å². The van der Waals surface area contributed by atoms with E-state index in [4.69, 9.17) is 16.3 Å². The lowest BCUT2D eigenvalue weighted by Gasteiger charge is -2.12. The van der Waals surface area contributed by atoms with Gasteiger partial charge in [0, 0.05) is 28.4 Å². The first kappa shape index (κ1) is 24.8. The van der Waals surface area contributed by atoms with E-state index in [-0.39, 0.29) is 18.6 Å². The molecule has 0 bridgehead atoms. The summed E-state index contributed by atoms with van der Waals surface area (Å²) >= 11 is 6.47. The molecular weight excluding hydrogens is 476 g/mol. The van der Waals surface area contributed by atoms with E-state index >= 15 is 0 Å². The maximum absolute atomic E-state index is 11.7. The van der Waals surface area contributed by atoms with Crippen LogP contribution in [0.25, 0.3) is 10.9 Å². The lowest BCUT2D eigenvalue weighted by atomic mass is 10.1. The Morgan fingerprint density at radius 2 is 1.94 bits per heavy atom. The third-order valence-electron chi connectivity index (χ3n) is 4.93. The number of ether oxygens (including phenoxy) is 1. The van der Waals surface area contributed by atoms with Crippen LogP contribution in [-0.2, 0) is 0 Å². The predicted molar refractivity (Wildman–Crippen MR) is 142 cm³/mol. The monoisotopic (exact) mass is 500 g/mol. The van der Waals surface area contributed by atoms with Crippen molar-refractivity contribution >= 4 is 40.0 Å². The smallest absolute Gasteiger partial charge is 0.315 e. The average molecular weight is 501 g/mol. The van der Waals surface area contributed by atoms with Gasteiger partial charge < -0.3 is 20.7 Å². The number of anilines is 2. The molecule has 182 valence electrons. The van der Waals surface area contributed by atoms with Crippen LogP contribution in [0.2, 0.25) is 5.02 Å². The highest BCUT2D eigenvalue weighted by Gasteiger charge is 2.09. The van der Waals surface area contributed by atoms with Crippen molar-refractivity contribution in [2.75, 3.05) is 11.9 Å². The summed E-state index contributed by atoms with van der Waals surface area (Å²) in [6.45, 7) is 5.94. The van der Waals surface area contributed by atoms with E-state index in [1.54, 1.807) is 18.3 Å². The van der Waals surface area contributed by atoms with Crippen LogP contribution in [0.15, 0.2) is 61.1 Å². The molecule has 4 aromatic rings. The molecule has 0 spiro atoms. The number of aromatic nitrogens is 3.